The van der Waals surface area contributed by atoms with E-state index in [1.54, 1.807) is 17.6 Å². The summed E-state index contributed by atoms with van der Waals surface area (Å²) in [6.45, 7) is 6.84. The zero-order valence-corrected chi connectivity index (χ0v) is 16.7. The van der Waals surface area contributed by atoms with Crippen LogP contribution in [-0.2, 0) is 11.3 Å². The number of aromatic nitrogens is 2. The number of carbonyl (C=O) groups excluding carboxylic acids is 1. The number of hydrogen-bond acceptors (Lipinski definition) is 4. The number of benzene rings is 1. The Bertz CT molecular complexity index is 801. The van der Waals surface area contributed by atoms with E-state index in [2.05, 4.69) is 18.8 Å². The van der Waals surface area contributed by atoms with Gasteiger partial charge in [-0.2, -0.15) is 0 Å². The Morgan fingerprint density at radius 2 is 1.85 bits per heavy atom. The van der Waals surface area contributed by atoms with Gasteiger partial charge in [0, 0.05) is 6.54 Å². The summed E-state index contributed by atoms with van der Waals surface area (Å²) in [5.41, 5.74) is 6.00. The predicted octanol–water partition coefficient (Wildman–Crippen LogP) is 3.97. The summed E-state index contributed by atoms with van der Waals surface area (Å²) in [5, 5.41) is 0.755. The maximum Gasteiger partial charge on any atom is 0.262 e. The summed E-state index contributed by atoms with van der Waals surface area (Å²) < 4.78 is 1.70. The summed E-state index contributed by atoms with van der Waals surface area (Å²) in [5.74, 6) is 0.332. The molecule has 0 saturated heterocycles. The van der Waals surface area contributed by atoms with Crippen molar-refractivity contribution in [3.63, 3.8) is 0 Å². The quantitative estimate of drug-likeness (QED) is 0.387. The van der Waals surface area contributed by atoms with Crippen molar-refractivity contribution in [2.45, 2.75) is 69.8 Å². The Kier molecular flexibility index (Phi) is 7.69. The average Bonchev–Trinajstić information content (AvgIpc) is 2.59. The lowest BCUT2D eigenvalue weighted by Crippen LogP contribution is -2.27. The molecule has 0 radical (unpaired) electrons. The van der Waals surface area contributed by atoms with Gasteiger partial charge in [0.1, 0.15) is 0 Å². The first-order valence-electron chi connectivity index (χ1n) is 9.35. The zero-order chi connectivity index (χ0) is 19.1. The maximum absolute atomic E-state index is 12.9. The average molecular weight is 376 g/mol. The highest BCUT2D eigenvalue weighted by Gasteiger charge is 2.17. The van der Waals surface area contributed by atoms with Crippen molar-refractivity contribution < 1.29 is 4.79 Å². The van der Waals surface area contributed by atoms with Crippen LogP contribution < -0.4 is 11.3 Å². The summed E-state index contributed by atoms with van der Waals surface area (Å²) in [6.07, 6.45) is 5.66. The monoisotopic (exact) mass is 375 g/mol. The van der Waals surface area contributed by atoms with Gasteiger partial charge in [-0.05, 0) is 31.4 Å². The molecule has 0 bridgehead atoms. The molecule has 142 valence electrons. The van der Waals surface area contributed by atoms with Crippen molar-refractivity contribution in [1.29, 1.82) is 0 Å². The molecule has 0 aliphatic carbocycles. The highest BCUT2D eigenvalue weighted by atomic mass is 32.2. The summed E-state index contributed by atoms with van der Waals surface area (Å²) in [6, 6.07) is 7.34. The molecular formula is C20H29N3O2S. The summed E-state index contributed by atoms with van der Waals surface area (Å²) >= 11 is 1.26. The third-order valence-corrected chi connectivity index (χ3v) is 5.53. The van der Waals surface area contributed by atoms with E-state index >= 15 is 0 Å². The first-order chi connectivity index (χ1) is 12.4. The standard InChI is InChI=1S/C20H29N3O2S/c1-14(2)10-6-4-5-9-13-23-19(25)16-11-7-8-12-17(16)22-20(23)26-15(3)18(21)24/h7-8,11-12,14-15H,4-6,9-10,13H2,1-3H3,(H2,21,24)/t15-/m1/s1. The Balaban J connectivity index is 2.17. The molecule has 1 atom stereocenters. The number of hydrogen-bond donors (Lipinski definition) is 1. The fourth-order valence-electron chi connectivity index (χ4n) is 2.83. The van der Waals surface area contributed by atoms with Crippen LogP contribution >= 0.6 is 11.8 Å². The molecule has 0 unspecified atom stereocenters. The number of rotatable bonds is 10. The number of primary amides is 1. The maximum atomic E-state index is 12.9. The minimum absolute atomic E-state index is 0.0445. The second kappa shape index (κ2) is 9.76. The van der Waals surface area contributed by atoms with Crippen LogP contribution in [0.3, 0.4) is 0 Å². The zero-order valence-electron chi connectivity index (χ0n) is 15.9. The highest BCUT2D eigenvalue weighted by molar-refractivity contribution is 8.00. The van der Waals surface area contributed by atoms with Gasteiger partial charge < -0.3 is 5.73 Å². The first kappa shape index (κ1) is 20.5. The number of amides is 1. The van der Waals surface area contributed by atoms with Gasteiger partial charge in [-0.25, -0.2) is 4.98 Å². The van der Waals surface area contributed by atoms with Gasteiger partial charge >= 0.3 is 0 Å². The molecule has 0 aliphatic rings. The highest BCUT2D eigenvalue weighted by Crippen LogP contribution is 2.23. The molecule has 5 nitrogen and oxygen atoms in total. The molecule has 2 aromatic rings. The number of fused-ring (bicyclic) bond motifs is 1. The van der Waals surface area contributed by atoms with Crippen molar-refractivity contribution in [1.82, 2.24) is 9.55 Å². The Hall–Kier alpha value is -1.82. The van der Waals surface area contributed by atoms with Gasteiger partial charge in [-0.3, -0.25) is 14.2 Å². The number of nitrogens with zero attached hydrogens (tertiary/aromatic N) is 2. The largest absolute Gasteiger partial charge is 0.369 e. The number of nitrogens with two attached hydrogens (primary N) is 1. The molecule has 1 aromatic carbocycles. The Morgan fingerprint density at radius 3 is 2.54 bits per heavy atom. The fourth-order valence-corrected chi connectivity index (χ4v) is 3.71. The van der Waals surface area contributed by atoms with Crippen LogP contribution in [0.4, 0.5) is 0 Å². The van der Waals surface area contributed by atoms with E-state index in [9.17, 15) is 9.59 Å². The third kappa shape index (κ3) is 5.59. The van der Waals surface area contributed by atoms with E-state index in [0.29, 0.717) is 22.6 Å². The lowest BCUT2D eigenvalue weighted by Gasteiger charge is -2.15. The van der Waals surface area contributed by atoms with Crippen molar-refractivity contribution >= 4 is 28.6 Å². The molecule has 0 aliphatic heterocycles. The molecule has 2 rings (SSSR count). The Labute approximate surface area is 159 Å². The van der Waals surface area contributed by atoms with E-state index in [1.165, 1.54) is 31.0 Å². The Morgan fingerprint density at radius 1 is 1.15 bits per heavy atom. The van der Waals surface area contributed by atoms with Crippen LogP contribution in [0.25, 0.3) is 10.9 Å². The van der Waals surface area contributed by atoms with E-state index in [0.717, 1.165) is 18.8 Å². The molecular weight excluding hydrogens is 346 g/mol. The normalized spacial score (nSPS) is 12.6. The van der Waals surface area contributed by atoms with Crippen molar-refractivity contribution in [3.05, 3.63) is 34.6 Å². The van der Waals surface area contributed by atoms with E-state index in [4.69, 9.17) is 5.73 Å². The van der Waals surface area contributed by atoms with Crippen LogP contribution in [0.15, 0.2) is 34.2 Å². The minimum atomic E-state index is -0.430. The van der Waals surface area contributed by atoms with Gasteiger partial charge in [0.25, 0.3) is 5.56 Å². The van der Waals surface area contributed by atoms with Crippen LogP contribution in [0.2, 0.25) is 0 Å². The predicted molar refractivity (Wildman–Crippen MR) is 108 cm³/mol. The van der Waals surface area contributed by atoms with Gasteiger partial charge in [-0.1, -0.05) is 63.4 Å². The van der Waals surface area contributed by atoms with Crippen LogP contribution in [0.1, 0.15) is 52.9 Å². The molecule has 2 N–H and O–H groups in total. The first-order valence-corrected chi connectivity index (χ1v) is 10.2. The van der Waals surface area contributed by atoms with Crippen LogP contribution in [0.5, 0.6) is 0 Å². The smallest absolute Gasteiger partial charge is 0.262 e. The summed E-state index contributed by atoms with van der Waals surface area (Å²) in [4.78, 5) is 29.0. The lowest BCUT2D eigenvalue weighted by molar-refractivity contribution is -0.117. The topological polar surface area (TPSA) is 78.0 Å². The van der Waals surface area contributed by atoms with Crippen molar-refractivity contribution in [2.24, 2.45) is 11.7 Å². The molecule has 6 heteroatoms. The molecule has 26 heavy (non-hydrogen) atoms. The second-order valence-corrected chi connectivity index (χ2v) is 8.44. The lowest BCUT2D eigenvalue weighted by atomic mass is 10.0. The summed E-state index contributed by atoms with van der Waals surface area (Å²) in [7, 11) is 0. The third-order valence-electron chi connectivity index (χ3n) is 4.42. The fraction of sp³-hybridized carbons (Fsp3) is 0.550. The van der Waals surface area contributed by atoms with E-state index < -0.39 is 11.2 Å². The SMILES string of the molecule is CC(C)CCCCCCn1c(S[C@H](C)C(N)=O)nc2ccccc2c1=O. The number of unbranched alkanes of at least 4 members (excludes halogenated alkanes) is 3. The molecule has 0 spiro atoms. The number of thioether (sulfide) groups is 1. The van der Waals surface area contributed by atoms with Crippen molar-refractivity contribution in [2.75, 3.05) is 0 Å². The van der Waals surface area contributed by atoms with E-state index in [1.807, 2.05) is 18.2 Å². The molecule has 0 saturated carbocycles. The van der Waals surface area contributed by atoms with Gasteiger partial charge in [0.2, 0.25) is 5.91 Å². The van der Waals surface area contributed by atoms with Gasteiger partial charge in [-0.15, -0.1) is 0 Å². The van der Waals surface area contributed by atoms with Gasteiger partial charge in [0.15, 0.2) is 5.16 Å². The van der Waals surface area contributed by atoms with Gasteiger partial charge in [0.05, 0.1) is 16.2 Å². The molecule has 0 fully saturated rings. The molecule has 1 heterocycles. The van der Waals surface area contributed by atoms with E-state index in [-0.39, 0.29) is 5.56 Å². The number of carbonyl (C=O) groups is 1. The minimum Gasteiger partial charge on any atom is -0.369 e. The van der Waals surface area contributed by atoms with Crippen LogP contribution in [0, 0.1) is 5.92 Å². The van der Waals surface area contributed by atoms with Crippen molar-refractivity contribution in [3.8, 4) is 0 Å². The molecule has 1 aromatic heterocycles. The number of para-hydroxylation sites is 1. The molecule has 1 amide bonds. The van der Waals surface area contributed by atoms with Crippen LogP contribution in [-0.4, -0.2) is 20.7 Å². The second-order valence-electron chi connectivity index (χ2n) is 7.13.